The van der Waals surface area contributed by atoms with Gasteiger partial charge in [-0.3, -0.25) is 0 Å². The number of thioether (sulfide) groups is 1. The molecule has 17 heavy (non-hydrogen) atoms. The third-order valence-electron chi connectivity index (χ3n) is 1.87. The zero-order chi connectivity index (χ0) is 12.7. The molecule has 1 unspecified atom stereocenters. The number of rotatable bonds is 8. The fourth-order valence-electron chi connectivity index (χ4n) is 1.08. The van der Waals surface area contributed by atoms with Crippen LogP contribution in [0, 0.1) is 0 Å². The number of hydrogen-bond donors (Lipinski definition) is 2. The Morgan fingerprint density at radius 2 is 2.29 bits per heavy atom. The summed E-state index contributed by atoms with van der Waals surface area (Å²) in [5, 5.41) is 21.6. The Balaban J connectivity index is 2.31. The maximum atomic E-state index is 9.67. The molecule has 1 aromatic heterocycles. The number of aromatic nitrogens is 4. The Kier molecular flexibility index (Phi) is 6.41. The van der Waals surface area contributed by atoms with E-state index in [0.29, 0.717) is 30.6 Å². The summed E-state index contributed by atoms with van der Waals surface area (Å²) < 4.78 is 6.94. The highest BCUT2D eigenvalue weighted by Crippen LogP contribution is 2.14. The lowest BCUT2D eigenvalue weighted by Gasteiger charge is -2.12. The lowest BCUT2D eigenvalue weighted by atomic mass is 10.4. The van der Waals surface area contributed by atoms with Crippen molar-refractivity contribution in [2.45, 2.75) is 37.8 Å². The van der Waals surface area contributed by atoms with E-state index in [1.165, 1.54) is 11.8 Å². The fourth-order valence-corrected chi connectivity index (χ4v) is 1.89. The van der Waals surface area contributed by atoms with E-state index in [1.54, 1.807) is 4.68 Å². The molecule has 0 aromatic carbocycles. The van der Waals surface area contributed by atoms with Gasteiger partial charge in [0.05, 0.1) is 25.4 Å². The molecule has 8 heteroatoms. The van der Waals surface area contributed by atoms with Gasteiger partial charge in [0, 0.05) is 12.3 Å². The van der Waals surface area contributed by atoms with Crippen molar-refractivity contribution in [3.8, 4) is 0 Å². The molecular weight excluding hydrogens is 242 g/mol. The number of aliphatic hydroxyl groups excluding tert-OH is 1. The van der Waals surface area contributed by atoms with Crippen molar-refractivity contribution in [1.29, 1.82) is 0 Å². The largest absolute Gasteiger partial charge is 0.390 e. The van der Waals surface area contributed by atoms with E-state index >= 15 is 0 Å². The number of nitrogens with zero attached hydrogens (tertiary/aromatic N) is 4. The van der Waals surface area contributed by atoms with E-state index in [2.05, 4.69) is 15.5 Å². The summed E-state index contributed by atoms with van der Waals surface area (Å²) in [5.41, 5.74) is 5.43. The Bertz CT molecular complexity index is 320. The SMILES string of the molecule is CC(C)OCC(O)CSc1nnnn1CCN. The van der Waals surface area contributed by atoms with Gasteiger partial charge in [0.1, 0.15) is 0 Å². The number of nitrogens with two attached hydrogens (primary N) is 1. The van der Waals surface area contributed by atoms with Crippen molar-refractivity contribution in [3.63, 3.8) is 0 Å². The van der Waals surface area contributed by atoms with E-state index in [0.717, 1.165) is 0 Å². The van der Waals surface area contributed by atoms with Gasteiger partial charge < -0.3 is 15.6 Å². The topological polar surface area (TPSA) is 99.1 Å². The molecule has 1 rings (SSSR count). The Morgan fingerprint density at radius 3 is 2.94 bits per heavy atom. The second-order valence-electron chi connectivity index (χ2n) is 3.82. The van der Waals surface area contributed by atoms with Crippen LogP contribution in [-0.4, -0.2) is 56.4 Å². The Morgan fingerprint density at radius 1 is 1.53 bits per heavy atom. The molecule has 0 aliphatic heterocycles. The van der Waals surface area contributed by atoms with Gasteiger partial charge in [-0.25, -0.2) is 4.68 Å². The molecule has 0 radical (unpaired) electrons. The molecule has 0 aliphatic rings. The summed E-state index contributed by atoms with van der Waals surface area (Å²) >= 11 is 1.39. The van der Waals surface area contributed by atoms with Gasteiger partial charge in [0.15, 0.2) is 0 Å². The summed E-state index contributed by atoms with van der Waals surface area (Å²) in [5.74, 6) is 0.498. The number of hydrogen-bond acceptors (Lipinski definition) is 7. The smallest absolute Gasteiger partial charge is 0.209 e. The quantitative estimate of drug-likeness (QED) is 0.609. The van der Waals surface area contributed by atoms with Crippen LogP contribution in [0.5, 0.6) is 0 Å². The lowest BCUT2D eigenvalue weighted by Crippen LogP contribution is -2.21. The molecule has 7 nitrogen and oxygen atoms in total. The van der Waals surface area contributed by atoms with Gasteiger partial charge in [-0.2, -0.15) is 0 Å². The minimum Gasteiger partial charge on any atom is -0.390 e. The van der Waals surface area contributed by atoms with E-state index < -0.39 is 6.10 Å². The molecule has 1 atom stereocenters. The molecule has 1 aromatic rings. The van der Waals surface area contributed by atoms with Crippen molar-refractivity contribution in [3.05, 3.63) is 0 Å². The van der Waals surface area contributed by atoms with Crippen LogP contribution in [0.2, 0.25) is 0 Å². The van der Waals surface area contributed by atoms with Gasteiger partial charge in [0.25, 0.3) is 0 Å². The predicted molar refractivity (Wildman–Crippen MR) is 64.7 cm³/mol. The predicted octanol–water partition coefficient (Wildman–Crippen LogP) is -0.490. The molecule has 0 fully saturated rings. The zero-order valence-corrected chi connectivity index (χ0v) is 10.9. The maximum Gasteiger partial charge on any atom is 0.209 e. The molecule has 98 valence electrons. The maximum absolute atomic E-state index is 9.67. The third kappa shape index (κ3) is 5.44. The summed E-state index contributed by atoms with van der Waals surface area (Å²) in [6.45, 7) is 5.25. The normalized spacial score (nSPS) is 13.2. The minimum absolute atomic E-state index is 0.122. The highest BCUT2D eigenvalue weighted by atomic mass is 32.2. The van der Waals surface area contributed by atoms with E-state index in [1.807, 2.05) is 13.8 Å². The van der Waals surface area contributed by atoms with Crippen LogP contribution in [0.15, 0.2) is 5.16 Å². The molecule has 3 N–H and O–H groups in total. The molecule has 0 saturated carbocycles. The van der Waals surface area contributed by atoms with Crippen molar-refractivity contribution in [2.75, 3.05) is 18.9 Å². The standard InChI is InChI=1S/C9H19N5O2S/c1-7(2)16-5-8(15)6-17-9-11-12-13-14(9)4-3-10/h7-8,15H,3-6,10H2,1-2H3. The average molecular weight is 261 g/mol. The molecule has 0 aliphatic carbocycles. The van der Waals surface area contributed by atoms with Crippen LogP contribution in [-0.2, 0) is 11.3 Å². The van der Waals surface area contributed by atoms with Gasteiger partial charge >= 0.3 is 0 Å². The fraction of sp³-hybridized carbons (Fsp3) is 0.889. The molecular formula is C9H19N5O2S. The van der Waals surface area contributed by atoms with Crippen molar-refractivity contribution in [2.24, 2.45) is 5.73 Å². The first-order valence-corrected chi connectivity index (χ1v) is 6.50. The first kappa shape index (κ1) is 14.4. The highest BCUT2D eigenvalue weighted by Gasteiger charge is 2.11. The van der Waals surface area contributed by atoms with Crippen molar-refractivity contribution < 1.29 is 9.84 Å². The lowest BCUT2D eigenvalue weighted by molar-refractivity contribution is 0.0152. The van der Waals surface area contributed by atoms with E-state index in [4.69, 9.17) is 10.5 Å². The van der Waals surface area contributed by atoms with Gasteiger partial charge in [0.2, 0.25) is 5.16 Å². The number of tetrazole rings is 1. The van der Waals surface area contributed by atoms with Crippen LogP contribution < -0.4 is 5.73 Å². The first-order valence-electron chi connectivity index (χ1n) is 5.52. The van der Waals surface area contributed by atoms with Crippen molar-refractivity contribution >= 4 is 11.8 Å². The van der Waals surface area contributed by atoms with Gasteiger partial charge in [-0.1, -0.05) is 11.8 Å². The summed E-state index contributed by atoms with van der Waals surface area (Å²) in [6, 6.07) is 0. The number of ether oxygens (including phenoxy) is 1. The van der Waals surface area contributed by atoms with Crippen LogP contribution >= 0.6 is 11.8 Å². The Hall–Kier alpha value is -0.700. The first-order chi connectivity index (χ1) is 8.13. The third-order valence-corrected chi connectivity index (χ3v) is 2.97. The monoisotopic (exact) mass is 261 g/mol. The van der Waals surface area contributed by atoms with Crippen LogP contribution in [0.4, 0.5) is 0 Å². The van der Waals surface area contributed by atoms with Crippen molar-refractivity contribution in [1.82, 2.24) is 20.2 Å². The second kappa shape index (κ2) is 7.59. The van der Waals surface area contributed by atoms with Gasteiger partial charge in [-0.15, -0.1) is 5.10 Å². The van der Waals surface area contributed by atoms with E-state index in [9.17, 15) is 5.11 Å². The van der Waals surface area contributed by atoms with Gasteiger partial charge in [-0.05, 0) is 24.3 Å². The molecule has 0 bridgehead atoms. The average Bonchev–Trinajstić information content (AvgIpc) is 2.71. The summed E-state index contributed by atoms with van der Waals surface area (Å²) in [7, 11) is 0. The van der Waals surface area contributed by atoms with Crippen LogP contribution in [0.25, 0.3) is 0 Å². The number of aliphatic hydroxyl groups is 1. The summed E-state index contributed by atoms with van der Waals surface area (Å²) in [4.78, 5) is 0. The molecule has 0 spiro atoms. The zero-order valence-electron chi connectivity index (χ0n) is 10.1. The molecule has 0 saturated heterocycles. The molecule has 0 amide bonds. The minimum atomic E-state index is -0.523. The second-order valence-corrected chi connectivity index (χ2v) is 4.81. The molecule has 1 heterocycles. The van der Waals surface area contributed by atoms with Crippen LogP contribution in [0.1, 0.15) is 13.8 Å². The van der Waals surface area contributed by atoms with E-state index in [-0.39, 0.29) is 6.10 Å². The highest BCUT2D eigenvalue weighted by molar-refractivity contribution is 7.99. The summed E-state index contributed by atoms with van der Waals surface area (Å²) in [6.07, 6.45) is -0.400. The van der Waals surface area contributed by atoms with Crippen LogP contribution in [0.3, 0.4) is 0 Å². The Labute approximate surface area is 105 Å².